The van der Waals surface area contributed by atoms with Gasteiger partial charge in [-0.2, -0.15) is 0 Å². The molecule has 0 amide bonds. The number of para-hydroxylation sites is 1. The molecule has 0 spiro atoms. The molecule has 2 aliphatic rings. The molecule has 3 unspecified atom stereocenters. The average Bonchev–Trinajstić information content (AvgIpc) is 2.88. The summed E-state index contributed by atoms with van der Waals surface area (Å²) in [5, 5.41) is 9.84. The van der Waals surface area contributed by atoms with Gasteiger partial charge in [0.2, 0.25) is 0 Å². The van der Waals surface area contributed by atoms with Gasteiger partial charge in [0, 0.05) is 24.3 Å². The lowest BCUT2D eigenvalue weighted by atomic mass is 10.0. The van der Waals surface area contributed by atoms with Gasteiger partial charge in [-0.15, -0.1) is 0 Å². The van der Waals surface area contributed by atoms with Gasteiger partial charge in [-0.25, -0.2) is 0 Å². The number of anilines is 1. The van der Waals surface area contributed by atoms with E-state index in [2.05, 4.69) is 17.0 Å². The molecule has 1 saturated carbocycles. The van der Waals surface area contributed by atoms with E-state index in [1.165, 1.54) is 38.0 Å². The average molecular weight is 231 g/mol. The highest BCUT2D eigenvalue weighted by atomic mass is 16.3. The van der Waals surface area contributed by atoms with Crippen molar-refractivity contribution in [1.29, 1.82) is 0 Å². The van der Waals surface area contributed by atoms with Crippen LogP contribution in [0, 0.1) is 11.8 Å². The van der Waals surface area contributed by atoms with Gasteiger partial charge in [-0.1, -0.05) is 24.6 Å². The topological polar surface area (TPSA) is 23.5 Å². The number of rotatable bonds is 2. The monoisotopic (exact) mass is 231 g/mol. The first-order valence-electron chi connectivity index (χ1n) is 6.77. The first-order valence-corrected chi connectivity index (χ1v) is 6.77. The maximum absolute atomic E-state index is 9.84. The summed E-state index contributed by atoms with van der Waals surface area (Å²) in [7, 11) is 0. The van der Waals surface area contributed by atoms with Crippen LogP contribution in [0.4, 0.5) is 5.69 Å². The van der Waals surface area contributed by atoms with Crippen molar-refractivity contribution in [1.82, 2.24) is 0 Å². The summed E-state index contributed by atoms with van der Waals surface area (Å²) in [6.07, 6.45) is 3.85. The molecule has 1 aliphatic carbocycles. The molecule has 1 aromatic rings. The van der Waals surface area contributed by atoms with E-state index in [4.69, 9.17) is 0 Å². The second kappa shape index (κ2) is 4.34. The Labute approximate surface area is 103 Å². The van der Waals surface area contributed by atoms with Gasteiger partial charge in [-0.3, -0.25) is 0 Å². The first-order chi connectivity index (χ1) is 8.25. The molecule has 1 saturated heterocycles. The molecule has 0 radical (unpaired) electrons. The van der Waals surface area contributed by atoms with Crippen LogP contribution in [0.5, 0.6) is 0 Å². The van der Waals surface area contributed by atoms with Crippen molar-refractivity contribution in [3.05, 3.63) is 29.8 Å². The lowest BCUT2D eigenvalue weighted by molar-refractivity contribution is 0.199. The van der Waals surface area contributed by atoms with Crippen molar-refractivity contribution >= 4 is 5.69 Å². The fourth-order valence-electron chi connectivity index (χ4n) is 3.56. The molecule has 17 heavy (non-hydrogen) atoms. The summed E-state index contributed by atoms with van der Waals surface area (Å²) in [5.74, 6) is 1.80. The fourth-order valence-corrected chi connectivity index (χ4v) is 3.56. The third kappa shape index (κ3) is 1.95. The molecule has 92 valence electrons. The third-order valence-electron chi connectivity index (χ3n) is 4.45. The van der Waals surface area contributed by atoms with Gasteiger partial charge in [0.15, 0.2) is 0 Å². The number of aliphatic hydroxyl groups is 1. The SMILES string of the molecule is CC(O)c1ccccc1N1CC2CCCC2C1. The van der Waals surface area contributed by atoms with Gasteiger partial charge in [0.1, 0.15) is 0 Å². The van der Waals surface area contributed by atoms with E-state index >= 15 is 0 Å². The van der Waals surface area contributed by atoms with E-state index in [0.717, 1.165) is 17.4 Å². The number of hydrogen-bond donors (Lipinski definition) is 1. The lowest BCUT2D eigenvalue weighted by Gasteiger charge is -2.24. The van der Waals surface area contributed by atoms with Gasteiger partial charge < -0.3 is 10.0 Å². The van der Waals surface area contributed by atoms with Crippen LogP contribution in [0.15, 0.2) is 24.3 Å². The summed E-state index contributed by atoms with van der Waals surface area (Å²) in [6.45, 7) is 4.23. The van der Waals surface area contributed by atoms with Crippen molar-refractivity contribution in [2.75, 3.05) is 18.0 Å². The summed E-state index contributed by atoms with van der Waals surface area (Å²) >= 11 is 0. The fraction of sp³-hybridized carbons (Fsp3) is 0.600. The van der Waals surface area contributed by atoms with Crippen LogP contribution in [-0.4, -0.2) is 18.2 Å². The van der Waals surface area contributed by atoms with Crippen LogP contribution in [0.2, 0.25) is 0 Å². The minimum atomic E-state index is -0.369. The minimum absolute atomic E-state index is 0.369. The van der Waals surface area contributed by atoms with Gasteiger partial charge in [-0.05, 0) is 37.7 Å². The molecule has 3 rings (SSSR count). The minimum Gasteiger partial charge on any atom is -0.389 e. The van der Waals surface area contributed by atoms with Crippen molar-refractivity contribution < 1.29 is 5.11 Å². The Hall–Kier alpha value is -1.02. The molecular formula is C15H21NO. The van der Waals surface area contributed by atoms with E-state index in [1.807, 2.05) is 19.1 Å². The largest absolute Gasteiger partial charge is 0.389 e. The van der Waals surface area contributed by atoms with Gasteiger partial charge in [0.25, 0.3) is 0 Å². The Bertz CT molecular complexity index is 390. The molecule has 3 atom stereocenters. The molecule has 1 heterocycles. The molecule has 2 heteroatoms. The lowest BCUT2D eigenvalue weighted by Crippen LogP contribution is -2.22. The van der Waals surface area contributed by atoms with Crippen molar-refractivity contribution in [2.45, 2.75) is 32.3 Å². The Balaban J connectivity index is 1.85. The van der Waals surface area contributed by atoms with E-state index in [0.29, 0.717) is 0 Å². The number of hydrogen-bond acceptors (Lipinski definition) is 2. The highest BCUT2D eigenvalue weighted by Crippen LogP contribution is 2.40. The van der Waals surface area contributed by atoms with Crippen LogP contribution >= 0.6 is 0 Å². The standard InChI is InChI=1S/C15H21NO/c1-11(17)14-7-2-3-8-15(14)16-9-12-5-4-6-13(12)10-16/h2-3,7-8,11-13,17H,4-6,9-10H2,1H3. The first kappa shape index (κ1) is 11.1. The molecule has 2 fully saturated rings. The Morgan fingerprint density at radius 2 is 1.82 bits per heavy atom. The second-order valence-electron chi connectivity index (χ2n) is 5.59. The zero-order chi connectivity index (χ0) is 11.8. The van der Waals surface area contributed by atoms with E-state index in [1.54, 1.807) is 0 Å². The molecule has 1 N–H and O–H groups in total. The van der Waals surface area contributed by atoms with Gasteiger partial charge >= 0.3 is 0 Å². The third-order valence-corrected chi connectivity index (χ3v) is 4.45. The van der Waals surface area contributed by atoms with Crippen LogP contribution in [-0.2, 0) is 0 Å². The smallest absolute Gasteiger partial charge is 0.0781 e. The second-order valence-corrected chi connectivity index (χ2v) is 5.59. The number of aliphatic hydroxyl groups excluding tert-OH is 1. The molecule has 2 nitrogen and oxygen atoms in total. The number of benzene rings is 1. The summed E-state index contributed by atoms with van der Waals surface area (Å²) in [6, 6.07) is 8.30. The molecular weight excluding hydrogens is 210 g/mol. The van der Waals surface area contributed by atoms with Crippen LogP contribution in [0.3, 0.4) is 0 Å². The Morgan fingerprint density at radius 3 is 2.47 bits per heavy atom. The predicted molar refractivity (Wildman–Crippen MR) is 70.1 cm³/mol. The number of nitrogens with zero attached hydrogens (tertiary/aromatic N) is 1. The summed E-state index contributed by atoms with van der Waals surface area (Å²) < 4.78 is 0. The van der Waals surface area contributed by atoms with Gasteiger partial charge in [0.05, 0.1) is 6.10 Å². The maximum Gasteiger partial charge on any atom is 0.0781 e. The summed E-state index contributed by atoms with van der Waals surface area (Å²) in [5.41, 5.74) is 2.32. The maximum atomic E-state index is 9.84. The van der Waals surface area contributed by atoms with E-state index in [9.17, 15) is 5.11 Å². The Morgan fingerprint density at radius 1 is 1.18 bits per heavy atom. The van der Waals surface area contributed by atoms with E-state index in [-0.39, 0.29) is 6.10 Å². The highest BCUT2D eigenvalue weighted by molar-refractivity contribution is 5.55. The zero-order valence-corrected chi connectivity index (χ0v) is 10.5. The quantitative estimate of drug-likeness (QED) is 0.846. The summed E-state index contributed by atoms with van der Waals surface area (Å²) in [4.78, 5) is 2.48. The van der Waals surface area contributed by atoms with Crippen LogP contribution in [0.25, 0.3) is 0 Å². The van der Waals surface area contributed by atoms with Crippen molar-refractivity contribution in [3.8, 4) is 0 Å². The molecule has 1 aliphatic heterocycles. The molecule has 0 aromatic heterocycles. The van der Waals surface area contributed by atoms with Crippen molar-refractivity contribution in [2.24, 2.45) is 11.8 Å². The van der Waals surface area contributed by atoms with E-state index < -0.39 is 0 Å². The molecule has 0 bridgehead atoms. The van der Waals surface area contributed by atoms with Crippen LogP contribution < -0.4 is 4.90 Å². The highest BCUT2D eigenvalue weighted by Gasteiger charge is 2.36. The normalized spacial score (nSPS) is 29.4. The zero-order valence-electron chi connectivity index (χ0n) is 10.5. The predicted octanol–water partition coefficient (Wildman–Crippen LogP) is 2.98. The van der Waals surface area contributed by atoms with Crippen molar-refractivity contribution in [3.63, 3.8) is 0 Å². The van der Waals surface area contributed by atoms with Crippen LogP contribution in [0.1, 0.15) is 37.9 Å². The number of fused-ring (bicyclic) bond motifs is 1. The Kier molecular flexibility index (Phi) is 2.83. The molecule has 1 aromatic carbocycles.